The van der Waals surface area contributed by atoms with E-state index in [1.165, 1.54) is 0 Å². The second-order valence-electron chi connectivity index (χ2n) is 5.83. The number of nitrogens with zero attached hydrogens (tertiary/aromatic N) is 3. The lowest BCUT2D eigenvalue weighted by Crippen LogP contribution is -2.38. The fourth-order valence-corrected chi connectivity index (χ4v) is 3.60. The van der Waals surface area contributed by atoms with Gasteiger partial charge in [0.2, 0.25) is 0 Å². The van der Waals surface area contributed by atoms with E-state index >= 15 is 0 Å². The Hall–Kier alpha value is -1.86. The minimum atomic E-state index is 0.601. The molecule has 0 aliphatic carbocycles. The van der Waals surface area contributed by atoms with Crippen LogP contribution >= 0.6 is 27.5 Å². The molecular formula is C18H24BrClN4O2. The monoisotopic (exact) mass is 442 g/mol. The Bertz CT molecular complexity index is 792. The molecule has 26 heavy (non-hydrogen) atoms. The lowest BCUT2D eigenvalue weighted by molar-refractivity contribution is 0.352. The highest BCUT2D eigenvalue weighted by Gasteiger charge is 2.13. The highest BCUT2D eigenvalue weighted by atomic mass is 79.9. The Labute approximate surface area is 167 Å². The van der Waals surface area contributed by atoms with Crippen molar-refractivity contribution in [3.05, 3.63) is 45.1 Å². The van der Waals surface area contributed by atoms with E-state index in [1.807, 2.05) is 48.0 Å². The van der Waals surface area contributed by atoms with E-state index in [0.29, 0.717) is 24.6 Å². The van der Waals surface area contributed by atoms with Gasteiger partial charge in [-0.1, -0.05) is 11.6 Å². The van der Waals surface area contributed by atoms with Gasteiger partial charge in [-0.2, -0.15) is 0 Å². The van der Waals surface area contributed by atoms with E-state index in [9.17, 15) is 0 Å². The van der Waals surface area contributed by atoms with Crippen LogP contribution in [0.25, 0.3) is 0 Å². The molecule has 0 spiro atoms. The van der Waals surface area contributed by atoms with E-state index in [1.54, 1.807) is 21.3 Å². The summed E-state index contributed by atoms with van der Waals surface area (Å²) >= 11 is 9.58. The van der Waals surface area contributed by atoms with Crippen LogP contribution in [0.2, 0.25) is 5.02 Å². The zero-order valence-corrected chi connectivity index (χ0v) is 18.0. The van der Waals surface area contributed by atoms with Gasteiger partial charge >= 0.3 is 0 Å². The van der Waals surface area contributed by atoms with E-state index < -0.39 is 0 Å². The molecule has 142 valence electrons. The Morgan fingerprint density at radius 2 is 2.04 bits per heavy atom. The Balaban J connectivity index is 2.07. The van der Waals surface area contributed by atoms with Crippen molar-refractivity contribution >= 4 is 33.5 Å². The number of aliphatic imine (C=N–C) groups is 1. The molecule has 1 N–H and O–H groups in total. The molecule has 0 atom stereocenters. The van der Waals surface area contributed by atoms with Crippen LogP contribution in [-0.2, 0) is 20.1 Å². The summed E-state index contributed by atoms with van der Waals surface area (Å²) in [6.45, 7) is 1.29. The molecule has 0 fully saturated rings. The summed E-state index contributed by atoms with van der Waals surface area (Å²) < 4.78 is 13.6. The molecule has 8 heteroatoms. The number of methoxy groups -OCH3 is 2. The number of rotatable bonds is 6. The molecule has 6 nitrogen and oxygen atoms in total. The molecular weight excluding hydrogens is 420 g/mol. The van der Waals surface area contributed by atoms with Crippen molar-refractivity contribution in [2.75, 3.05) is 28.3 Å². The Morgan fingerprint density at radius 1 is 1.31 bits per heavy atom. The van der Waals surface area contributed by atoms with Crippen molar-refractivity contribution < 1.29 is 9.47 Å². The number of nitrogens with one attached hydrogen (secondary N) is 1. The van der Waals surface area contributed by atoms with Gasteiger partial charge in [0.15, 0.2) is 17.5 Å². The zero-order valence-electron chi connectivity index (χ0n) is 15.6. The first kappa shape index (κ1) is 20.5. The van der Waals surface area contributed by atoms with Gasteiger partial charge in [-0.15, -0.1) is 0 Å². The van der Waals surface area contributed by atoms with Crippen LogP contribution in [-0.4, -0.2) is 43.7 Å². The summed E-state index contributed by atoms with van der Waals surface area (Å²) in [6.07, 6.45) is 1.89. The summed E-state index contributed by atoms with van der Waals surface area (Å²) in [4.78, 5) is 6.40. The average Bonchev–Trinajstić information content (AvgIpc) is 2.91. The molecule has 2 rings (SSSR count). The normalized spacial score (nSPS) is 11.4. The molecule has 2 aromatic rings. The number of hydrogen-bond donors (Lipinski definition) is 1. The quantitative estimate of drug-likeness (QED) is 0.547. The number of hydrogen-bond acceptors (Lipinski definition) is 3. The van der Waals surface area contributed by atoms with Crippen LogP contribution in [0.15, 0.2) is 33.9 Å². The molecule has 0 amide bonds. The number of halogens is 2. The standard InChI is InChI=1S/C18H24BrClN4O2/c1-21-18(24(3)11-14-8-13(20)10-23(14)2)22-9-12-6-15(19)17(26-5)16(7-12)25-4/h6-8,10H,9,11H2,1-5H3,(H,21,22). The Morgan fingerprint density at radius 3 is 2.58 bits per heavy atom. The van der Waals surface area contributed by atoms with Gasteiger partial charge in [0.25, 0.3) is 0 Å². The number of benzene rings is 1. The third kappa shape index (κ3) is 4.86. The maximum atomic E-state index is 6.06. The first-order valence-corrected chi connectivity index (χ1v) is 9.19. The van der Waals surface area contributed by atoms with Gasteiger partial charge in [0.05, 0.1) is 30.3 Å². The highest BCUT2D eigenvalue weighted by Crippen LogP contribution is 2.36. The van der Waals surface area contributed by atoms with Gasteiger partial charge in [-0.25, -0.2) is 0 Å². The fraction of sp³-hybridized carbons (Fsp3) is 0.389. The molecule has 0 unspecified atom stereocenters. The van der Waals surface area contributed by atoms with Gasteiger partial charge in [-0.3, -0.25) is 4.99 Å². The fourth-order valence-electron chi connectivity index (χ4n) is 2.68. The van der Waals surface area contributed by atoms with Crippen LogP contribution in [0.4, 0.5) is 0 Å². The first-order valence-electron chi connectivity index (χ1n) is 8.02. The molecule has 1 aromatic carbocycles. The summed E-state index contributed by atoms with van der Waals surface area (Å²) in [5, 5.41) is 4.10. The van der Waals surface area contributed by atoms with Crippen molar-refractivity contribution in [3.8, 4) is 11.5 Å². The predicted molar refractivity (Wildman–Crippen MR) is 109 cm³/mol. The van der Waals surface area contributed by atoms with Crippen molar-refractivity contribution in [1.29, 1.82) is 0 Å². The lowest BCUT2D eigenvalue weighted by atomic mass is 10.2. The SMILES string of the molecule is CN=C(NCc1cc(Br)c(OC)c(OC)c1)N(C)Cc1cc(Cl)cn1C. The summed E-state index contributed by atoms with van der Waals surface area (Å²) in [6, 6.07) is 5.90. The molecule has 0 saturated heterocycles. The zero-order chi connectivity index (χ0) is 19.3. The van der Waals surface area contributed by atoms with Crippen LogP contribution in [0.5, 0.6) is 11.5 Å². The molecule has 0 bridgehead atoms. The van der Waals surface area contributed by atoms with Crippen molar-refractivity contribution in [2.24, 2.45) is 12.0 Å². The largest absolute Gasteiger partial charge is 0.493 e. The van der Waals surface area contributed by atoms with Crippen LogP contribution in [0, 0.1) is 0 Å². The summed E-state index contributed by atoms with van der Waals surface area (Å²) in [7, 11) is 8.97. The molecule has 0 aliphatic heterocycles. The van der Waals surface area contributed by atoms with Gasteiger partial charge in [0.1, 0.15) is 0 Å². The average molecular weight is 444 g/mol. The van der Waals surface area contributed by atoms with Crippen LogP contribution < -0.4 is 14.8 Å². The van der Waals surface area contributed by atoms with Crippen molar-refractivity contribution in [2.45, 2.75) is 13.1 Å². The number of guanidine groups is 1. The van der Waals surface area contributed by atoms with Crippen LogP contribution in [0.3, 0.4) is 0 Å². The molecule has 0 aliphatic rings. The third-order valence-corrected chi connectivity index (χ3v) is 4.79. The Kier molecular flexibility index (Phi) is 7.23. The minimum Gasteiger partial charge on any atom is -0.493 e. The maximum absolute atomic E-state index is 6.06. The second-order valence-corrected chi connectivity index (χ2v) is 7.12. The minimum absolute atomic E-state index is 0.601. The van der Waals surface area contributed by atoms with E-state index in [4.69, 9.17) is 21.1 Å². The molecule has 0 radical (unpaired) electrons. The number of aromatic nitrogens is 1. The van der Waals surface area contributed by atoms with Gasteiger partial charge in [-0.05, 0) is 39.7 Å². The number of ether oxygens (including phenoxy) is 2. The van der Waals surface area contributed by atoms with Crippen molar-refractivity contribution in [1.82, 2.24) is 14.8 Å². The van der Waals surface area contributed by atoms with Gasteiger partial charge < -0.3 is 24.3 Å². The first-order chi connectivity index (χ1) is 12.4. The lowest BCUT2D eigenvalue weighted by Gasteiger charge is -2.22. The van der Waals surface area contributed by atoms with E-state index in [0.717, 1.165) is 26.7 Å². The molecule has 1 aromatic heterocycles. The van der Waals surface area contributed by atoms with E-state index in [-0.39, 0.29) is 0 Å². The number of aryl methyl sites for hydroxylation is 1. The van der Waals surface area contributed by atoms with E-state index in [2.05, 4.69) is 26.2 Å². The molecule has 1 heterocycles. The van der Waals surface area contributed by atoms with Gasteiger partial charge in [0, 0.05) is 39.6 Å². The maximum Gasteiger partial charge on any atom is 0.194 e. The topological polar surface area (TPSA) is 51.0 Å². The summed E-state index contributed by atoms with van der Waals surface area (Å²) in [5.74, 6) is 2.15. The predicted octanol–water partition coefficient (Wildman–Crippen LogP) is 3.67. The highest BCUT2D eigenvalue weighted by molar-refractivity contribution is 9.10. The van der Waals surface area contributed by atoms with Crippen molar-refractivity contribution in [3.63, 3.8) is 0 Å². The smallest absolute Gasteiger partial charge is 0.194 e. The third-order valence-electron chi connectivity index (χ3n) is 3.99. The second kappa shape index (κ2) is 9.19. The molecule has 0 saturated carbocycles. The van der Waals surface area contributed by atoms with Crippen LogP contribution in [0.1, 0.15) is 11.3 Å². The summed E-state index contributed by atoms with van der Waals surface area (Å²) in [5.41, 5.74) is 2.15.